The van der Waals surface area contributed by atoms with E-state index in [0.29, 0.717) is 29.3 Å². The molecule has 1 atom stereocenters. The first kappa shape index (κ1) is 18.1. The normalized spacial score (nSPS) is 20.1. The highest BCUT2D eigenvalue weighted by Gasteiger charge is 2.34. The number of hydrogen-bond acceptors (Lipinski definition) is 3. The number of halogens is 2. The third-order valence-electron chi connectivity index (χ3n) is 5.16. The van der Waals surface area contributed by atoms with Gasteiger partial charge >= 0.3 is 0 Å². The van der Waals surface area contributed by atoms with E-state index in [9.17, 15) is 9.18 Å². The van der Waals surface area contributed by atoms with Crippen LogP contribution in [0.2, 0.25) is 5.02 Å². The van der Waals surface area contributed by atoms with Crippen molar-refractivity contribution < 1.29 is 9.18 Å². The molecule has 0 bridgehead atoms. The summed E-state index contributed by atoms with van der Waals surface area (Å²) in [6.07, 6.45) is 2.73. The van der Waals surface area contributed by atoms with E-state index in [1.807, 2.05) is 12.1 Å². The SMILES string of the molecule is O=C(CN1CCCC1)N1N=C(c2ccccc2F)CC1c1ccc(Cl)cc1. The second-order valence-corrected chi connectivity index (χ2v) is 7.46. The summed E-state index contributed by atoms with van der Waals surface area (Å²) in [4.78, 5) is 15.1. The van der Waals surface area contributed by atoms with Gasteiger partial charge < -0.3 is 0 Å². The van der Waals surface area contributed by atoms with Crippen LogP contribution in [0.25, 0.3) is 0 Å². The molecule has 6 heteroatoms. The molecule has 4 nitrogen and oxygen atoms in total. The van der Waals surface area contributed by atoms with Gasteiger partial charge in [0.1, 0.15) is 5.82 Å². The predicted molar refractivity (Wildman–Crippen MR) is 104 cm³/mol. The molecule has 2 aromatic rings. The molecule has 1 amide bonds. The second-order valence-electron chi connectivity index (χ2n) is 7.02. The number of hydrogen-bond donors (Lipinski definition) is 0. The zero-order valence-electron chi connectivity index (χ0n) is 14.9. The molecule has 0 radical (unpaired) electrons. The Morgan fingerprint density at radius 3 is 2.52 bits per heavy atom. The summed E-state index contributed by atoms with van der Waals surface area (Å²) in [5.74, 6) is -0.372. The Balaban J connectivity index is 1.64. The zero-order valence-corrected chi connectivity index (χ0v) is 15.7. The molecule has 2 aliphatic heterocycles. The fraction of sp³-hybridized carbons (Fsp3) is 0.333. The molecule has 0 saturated carbocycles. The van der Waals surface area contributed by atoms with Crippen molar-refractivity contribution in [2.75, 3.05) is 19.6 Å². The van der Waals surface area contributed by atoms with Crippen molar-refractivity contribution in [1.29, 1.82) is 0 Å². The van der Waals surface area contributed by atoms with Gasteiger partial charge in [-0.3, -0.25) is 9.69 Å². The lowest BCUT2D eigenvalue weighted by molar-refractivity contribution is -0.134. The topological polar surface area (TPSA) is 35.9 Å². The number of amides is 1. The summed E-state index contributed by atoms with van der Waals surface area (Å²) in [5, 5.41) is 6.71. The number of carbonyl (C=O) groups excluding carboxylic acids is 1. The average molecular weight is 386 g/mol. The predicted octanol–water partition coefficient (Wildman–Crippen LogP) is 4.25. The first-order chi connectivity index (χ1) is 13.1. The summed E-state index contributed by atoms with van der Waals surface area (Å²) < 4.78 is 14.3. The number of nitrogens with zero attached hydrogens (tertiary/aromatic N) is 3. The van der Waals surface area contributed by atoms with Gasteiger partial charge in [-0.15, -0.1) is 0 Å². The van der Waals surface area contributed by atoms with Crippen molar-refractivity contribution in [2.24, 2.45) is 5.10 Å². The highest BCUT2D eigenvalue weighted by atomic mass is 35.5. The maximum atomic E-state index is 14.3. The van der Waals surface area contributed by atoms with Crippen molar-refractivity contribution in [2.45, 2.75) is 25.3 Å². The lowest BCUT2D eigenvalue weighted by atomic mass is 9.98. The third kappa shape index (κ3) is 3.89. The number of benzene rings is 2. The smallest absolute Gasteiger partial charge is 0.257 e. The van der Waals surface area contributed by atoms with Crippen molar-refractivity contribution >= 4 is 23.2 Å². The minimum Gasteiger partial charge on any atom is -0.294 e. The van der Waals surface area contributed by atoms with Gasteiger partial charge in [0.25, 0.3) is 5.91 Å². The molecule has 4 rings (SSSR count). The van der Waals surface area contributed by atoms with E-state index in [1.54, 1.807) is 30.3 Å². The summed E-state index contributed by atoms with van der Waals surface area (Å²) in [5.41, 5.74) is 2.00. The quantitative estimate of drug-likeness (QED) is 0.788. The van der Waals surface area contributed by atoms with Crippen LogP contribution in [0.4, 0.5) is 4.39 Å². The molecule has 0 aromatic heterocycles. The molecule has 1 fully saturated rings. The van der Waals surface area contributed by atoms with Crippen LogP contribution in [-0.2, 0) is 4.79 Å². The molecule has 27 heavy (non-hydrogen) atoms. The van der Waals surface area contributed by atoms with E-state index in [4.69, 9.17) is 11.6 Å². The van der Waals surface area contributed by atoms with Crippen LogP contribution in [0.5, 0.6) is 0 Å². The number of likely N-dealkylation sites (tertiary alicyclic amines) is 1. The fourth-order valence-corrected chi connectivity index (χ4v) is 3.87. The maximum Gasteiger partial charge on any atom is 0.257 e. The monoisotopic (exact) mass is 385 g/mol. The van der Waals surface area contributed by atoms with Crippen LogP contribution in [0.15, 0.2) is 53.6 Å². The van der Waals surface area contributed by atoms with Crippen LogP contribution >= 0.6 is 11.6 Å². The van der Waals surface area contributed by atoms with E-state index >= 15 is 0 Å². The lowest BCUT2D eigenvalue weighted by Gasteiger charge is -2.24. The Kier molecular flexibility index (Phi) is 5.23. The van der Waals surface area contributed by atoms with E-state index in [-0.39, 0.29) is 17.8 Å². The maximum absolute atomic E-state index is 14.3. The minimum absolute atomic E-state index is 0.0526. The number of hydrazone groups is 1. The number of carbonyl (C=O) groups is 1. The Morgan fingerprint density at radius 2 is 1.81 bits per heavy atom. The Bertz CT molecular complexity index is 862. The standard InChI is InChI=1S/C21H21ClFN3O/c22-16-9-7-15(8-10-16)20-13-19(17-5-1-2-6-18(17)23)24-26(20)21(27)14-25-11-3-4-12-25/h1-2,5-10,20H,3-4,11-14H2. The summed E-state index contributed by atoms with van der Waals surface area (Å²) in [7, 11) is 0. The Labute approximate surface area is 163 Å². The van der Waals surface area contributed by atoms with Crippen LogP contribution < -0.4 is 0 Å². The molecular weight excluding hydrogens is 365 g/mol. The summed E-state index contributed by atoms with van der Waals surface area (Å²) >= 11 is 6.01. The van der Waals surface area contributed by atoms with Crippen molar-refractivity contribution in [3.63, 3.8) is 0 Å². The minimum atomic E-state index is -0.319. The molecule has 0 spiro atoms. The van der Waals surface area contributed by atoms with Crippen molar-refractivity contribution in [3.05, 3.63) is 70.5 Å². The van der Waals surface area contributed by atoms with Gasteiger partial charge in [-0.05, 0) is 49.7 Å². The first-order valence-electron chi connectivity index (χ1n) is 9.24. The highest BCUT2D eigenvalue weighted by molar-refractivity contribution is 6.30. The zero-order chi connectivity index (χ0) is 18.8. The molecule has 2 aliphatic rings. The van der Waals surface area contributed by atoms with E-state index in [2.05, 4.69) is 10.0 Å². The van der Waals surface area contributed by atoms with Crippen LogP contribution in [0.1, 0.15) is 36.4 Å². The highest BCUT2D eigenvalue weighted by Crippen LogP contribution is 2.34. The molecule has 2 heterocycles. The van der Waals surface area contributed by atoms with Gasteiger partial charge in [-0.2, -0.15) is 5.10 Å². The fourth-order valence-electron chi connectivity index (χ4n) is 3.75. The van der Waals surface area contributed by atoms with Crippen LogP contribution in [-0.4, -0.2) is 41.2 Å². The molecule has 140 valence electrons. The van der Waals surface area contributed by atoms with Gasteiger partial charge in [0, 0.05) is 17.0 Å². The number of rotatable bonds is 4. The van der Waals surface area contributed by atoms with Gasteiger partial charge in [0.05, 0.1) is 18.3 Å². The van der Waals surface area contributed by atoms with Crippen LogP contribution in [0.3, 0.4) is 0 Å². The van der Waals surface area contributed by atoms with Crippen molar-refractivity contribution in [1.82, 2.24) is 9.91 Å². The second kappa shape index (κ2) is 7.79. The Hall–Kier alpha value is -2.24. The molecule has 1 unspecified atom stereocenters. The summed E-state index contributed by atoms with van der Waals surface area (Å²) in [6, 6.07) is 13.8. The lowest BCUT2D eigenvalue weighted by Crippen LogP contribution is -2.36. The van der Waals surface area contributed by atoms with Gasteiger partial charge in [-0.1, -0.05) is 41.9 Å². The van der Waals surface area contributed by atoms with Crippen LogP contribution in [0, 0.1) is 5.82 Å². The summed E-state index contributed by atoms with van der Waals surface area (Å²) in [6.45, 7) is 2.22. The van der Waals surface area contributed by atoms with E-state index < -0.39 is 0 Å². The largest absolute Gasteiger partial charge is 0.294 e. The molecule has 2 aromatic carbocycles. The Morgan fingerprint density at radius 1 is 1.11 bits per heavy atom. The van der Waals surface area contributed by atoms with Gasteiger partial charge in [-0.25, -0.2) is 9.40 Å². The average Bonchev–Trinajstić information content (AvgIpc) is 3.32. The first-order valence-corrected chi connectivity index (χ1v) is 9.62. The van der Waals surface area contributed by atoms with Crippen molar-refractivity contribution in [3.8, 4) is 0 Å². The van der Waals surface area contributed by atoms with E-state index in [0.717, 1.165) is 31.5 Å². The third-order valence-corrected chi connectivity index (χ3v) is 5.41. The van der Waals surface area contributed by atoms with Gasteiger partial charge in [0.15, 0.2) is 0 Å². The van der Waals surface area contributed by atoms with Gasteiger partial charge in [0.2, 0.25) is 0 Å². The molecule has 0 aliphatic carbocycles. The molecule has 0 N–H and O–H groups in total. The molecular formula is C21H21ClFN3O. The molecule has 1 saturated heterocycles. The van der Waals surface area contributed by atoms with E-state index in [1.165, 1.54) is 11.1 Å².